The predicted molar refractivity (Wildman–Crippen MR) is 52.2 cm³/mol. The van der Waals surface area contributed by atoms with Gasteiger partial charge < -0.3 is 0 Å². The van der Waals surface area contributed by atoms with E-state index < -0.39 is 0 Å². The summed E-state index contributed by atoms with van der Waals surface area (Å²) in [5.41, 5.74) is 0. The molecule has 2 rings (SSSR count). The molecule has 0 saturated carbocycles. The molecule has 1 unspecified atom stereocenters. The second-order valence-electron chi connectivity index (χ2n) is 3.19. The van der Waals surface area contributed by atoms with Gasteiger partial charge in [-0.2, -0.15) is 0 Å². The molecule has 1 heterocycles. The molecular weight excluding hydrogens is 170 g/mol. The maximum absolute atomic E-state index is 6.43. The maximum Gasteiger partial charge on any atom is 0.119 e. The molecule has 1 aliphatic carbocycles. The van der Waals surface area contributed by atoms with Crippen LogP contribution in [0, 0.1) is 0 Å². The van der Waals surface area contributed by atoms with E-state index in [4.69, 9.17) is 11.6 Å². The van der Waals surface area contributed by atoms with E-state index in [1.54, 1.807) is 0 Å². The molecule has 2 heteroatoms. The highest BCUT2D eigenvalue weighted by Gasteiger charge is 2.31. The Morgan fingerprint density at radius 2 is 1.83 bits per heavy atom. The maximum atomic E-state index is 6.43. The fourth-order valence-corrected chi connectivity index (χ4v) is 1.90. The lowest BCUT2D eigenvalue weighted by Gasteiger charge is -2.34. The minimum absolute atomic E-state index is 0.266. The van der Waals surface area contributed by atoms with Gasteiger partial charge in [-0.3, -0.25) is 4.90 Å². The topological polar surface area (TPSA) is 3.24 Å². The van der Waals surface area contributed by atoms with Gasteiger partial charge in [-0.1, -0.05) is 42.0 Å². The minimum Gasteiger partial charge on any atom is -0.274 e. The van der Waals surface area contributed by atoms with Crippen LogP contribution in [0.4, 0.5) is 0 Å². The Kier molecular flexibility index (Phi) is 2.07. The van der Waals surface area contributed by atoms with Gasteiger partial charge in [-0.15, -0.1) is 0 Å². The highest BCUT2D eigenvalue weighted by atomic mass is 35.5. The molecule has 0 N–H and O–H groups in total. The van der Waals surface area contributed by atoms with Crippen LogP contribution < -0.4 is 0 Å². The summed E-state index contributed by atoms with van der Waals surface area (Å²) < 4.78 is 0. The minimum atomic E-state index is -0.266. The average Bonchev–Trinajstić information content (AvgIpc) is 2.58. The van der Waals surface area contributed by atoms with E-state index >= 15 is 0 Å². The molecule has 0 amide bonds. The zero-order valence-corrected chi connectivity index (χ0v) is 7.67. The van der Waals surface area contributed by atoms with Crippen LogP contribution in [0.5, 0.6) is 0 Å². The Morgan fingerprint density at radius 3 is 2.42 bits per heavy atom. The predicted octanol–water partition coefficient (Wildman–Crippen LogP) is 2.31. The van der Waals surface area contributed by atoms with Gasteiger partial charge in [0.1, 0.15) is 5.00 Å². The van der Waals surface area contributed by atoms with Crippen molar-refractivity contribution in [3.8, 4) is 0 Å². The second kappa shape index (κ2) is 3.08. The van der Waals surface area contributed by atoms with Crippen molar-refractivity contribution in [3.05, 3.63) is 36.5 Å². The first-order chi connectivity index (χ1) is 5.81. The first-order valence-electron chi connectivity index (χ1n) is 4.25. The van der Waals surface area contributed by atoms with Gasteiger partial charge in [0, 0.05) is 19.5 Å². The van der Waals surface area contributed by atoms with Crippen LogP contribution in [0.3, 0.4) is 0 Å². The summed E-state index contributed by atoms with van der Waals surface area (Å²) in [7, 11) is 0. The van der Waals surface area contributed by atoms with Crippen LogP contribution in [0.2, 0.25) is 0 Å². The van der Waals surface area contributed by atoms with E-state index in [0.29, 0.717) is 0 Å². The van der Waals surface area contributed by atoms with Crippen LogP contribution in [-0.4, -0.2) is 23.0 Å². The fourth-order valence-electron chi connectivity index (χ4n) is 1.60. The molecule has 0 aromatic carbocycles. The van der Waals surface area contributed by atoms with Crippen molar-refractivity contribution in [1.29, 1.82) is 0 Å². The van der Waals surface area contributed by atoms with Gasteiger partial charge in [0.2, 0.25) is 0 Å². The van der Waals surface area contributed by atoms with Crippen LogP contribution in [-0.2, 0) is 0 Å². The van der Waals surface area contributed by atoms with Crippen LogP contribution >= 0.6 is 11.6 Å². The number of rotatable bonds is 1. The number of allylic oxidation sites excluding steroid dienone is 2. The number of hydrogen-bond donors (Lipinski definition) is 0. The quantitative estimate of drug-likeness (QED) is 0.341. The Morgan fingerprint density at radius 1 is 1.08 bits per heavy atom. The van der Waals surface area contributed by atoms with Gasteiger partial charge in [0.15, 0.2) is 0 Å². The summed E-state index contributed by atoms with van der Waals surface area (Å²) in [6, 6.07) is 0. The van der Waals surface area contributed by atoms with Crippen molar-refractivity contribution < 1.29 is 0 Å². The smallest absolute Gasteiger partial charge is 0.119 e. The lowest BCUT2D eigenvalue weighted by atomic mass is 10.1. The SMILES string of the molecule is ClC1(N2CC=CC2)C=CC=CC1. The molecular formula is C10H12ClN. The molecule has 1 atom stereocenters. The van der Waals surface area contributed by atoms with Crippen molar-refractivity contribution in [2.45, 2.75) is 11.4 Å². The summed E-state index contributed by atoms with van der Waals surface area (Å²) in [5.74, 6) is 0. The lowest BCUT2D eigenvalue weighted by molar-refractivity contribution is 0.257. The molecule has 0 aromatic rings. The van der Waals surface area contributed by atoms with E-state index in [1.807, 2.05) is 12.2 Å². The van der Waals surface area contributed by atoms with Crippen molar-refractivity contribution in [2.75, 3.05) is 13.1 Å². The standard InChI is InChI=1S/C10H12ClN/c11-10(6-2-1-3-7-10)12-8-4-5-9-12/h1-6H,7-9H2. The van der Waals surface area contributed by atoms with Crippen molar-refractivity contribution in [1.82, 2.24) is 4.90 Å². The van der Waals surface area contributed by atoms with Crippen molar-refractivity contribution >= 4 is 11.6 Å². The zero-order valence-electron chi connectivity index (χ0n) is 6.91. The summed E-state index contributed by atoms with van der Waals surface area (Å²) >= 11 is 6.43. The van der Waals surface area contributed by atoms with Gasteiger partial charge in [-0.05, 0) is 6.08 Å². The molecule has 0 aromatic heterocycles. The second-order valence-corrected chi connectivity index (χ2v) is 3.84. The first kappa shape index (κ1) is 8.09. The lowest BCUT2D eigenvalue weighted by Crippen LogP contribution is -2.41. The van der Waals surface area contributed by atoms with Crippen LogP contribution in [0.25, 0.3) is 0 Å². The first-order valence-corrected chi connectivity index (χ1v) is 4.62. The number of halogens is 1. The molecule has 0 saturated heterocycles. The van der Waals surface area contributed by atoms with E-state index in [9.17, 15) is 0 Å². The van der Waals surface area contributed by atoms with E-state index in [-0.39, 0.29) is 5.00 Å². The summed E-state index contributed by atoms with van der Waals surface area (Å²) in [6.45, 7) is 1.95. The summed E-state index contributed by atoms with van der Waals surface area (Å²) in [4.78, 5) is 1.99. The average molecular weight is 182 g/mol. The highest BCUT2D eigenvalue weighted by Crippen LogP contribution is 2.30. The van der Waals surface area contributed by atoms with E-state index in [1.165, 1.54) is 0 Å². The Balaban J connectivity index is 2.10. The zero-order chi connectivity index (χ0) is 8.44. The molecule has 1 aliphatic heterocycles. The molecule has 0 radical (unpaired) electrons. The van der Waals surface area contributed by atoms with Crippen LogP contribution in [0.1, 0.15) is 6.42 Å². The van der Waals surface area contributed by atoms with Crippen molar-refractivity contribution in [3.63, 3.8) is 0 Å². The van der Waals surface area contributed by atoms with E-state index in [0.717, 1.165) is 19.5 Å². The third kappa shape index (κ3) is 1.35. The highest BCUT2D eigenvalue weighted by molar-refractivity contribution is 6.25. The summed E-state index contributed by atoms with van der Waals surface area (Å²) in [5, 5.41) is 0. The summed E-state index contributed by atoms with van der Waals surface area (Å²) in [6.07, 6.45) is 13.5. The van der Waals surface area contributed by atoms with Crippen LogP contribution in [0.15, 0.2) is 36.5 Å². The number of alkyl halides is 1. The Hall–Kier alpha value is -0.530. The van der Waals surface area contributed by atoms with Crippen molar-refractivity contribution in [2.24, 2.45) is 0 Å². The molecule has 0 fully saturated rings. The van der Waals surface area contributed by atoms with Gasteiger partial charge >= 0.3 is 0 Å². The number of nitrogens with zero attached hydrogens (tertiary/aromatic N) is 1. The Bertz CT molecular complexity index is 247. The normalized spacial score (nSPS) is 34.8. The molecule has 2 aliphatic rings. The third-order valence-electron chi connectivity index (χ3n) is 2.35. The molecule has 12 heavy (non-hydrogen) atoms. The third-order valence-corrected chi connectivity index (χ3v) is 2.87. The molecule has 0 spiro atoms. The molecule has 1 nitrogen and oxygen atoms in total. The van der Waals surface area contributed by atoms with Gasteiger partial charge in [-0.25, -0.2) is 0 Å². The monoisotopic (exact) mass is 181 g/mol. The van der Waals surface area contributed by atoms with Gasteiger partial charge in [0.25, 0.3) is 0 Å². The van der Waals surface area contributed by atoms with Gasteiger partial charge in [0.05, 0.1) is 0 Å². The molecule has 0 bridgehead atoms. The largest absolute Gasteiger partial charge is 0.274 e. The number of hydrogen-bond acceptors (Lipinski definition) is 1. The Labute approximate surface area is 78.0 Å². The van der Waals surface area contributed by atoms with E-state index in [2.05, 4.69) is 29.2 Å². The fraction of sp³-hybridized carbons (Fsp3) is 0.400. The molecule has 64 valence electrons.